The molecule has 1 aliphatic rings. The molecule has 0 aromatic heterocycles. The highest BCUT2D eigenvalue weighted by atomic mass is 35.5. The van der Waals surface area contributed by atoms with Crippen LogP contribution in [0.4, 0.5) is 10.5 Å². The lowest BCUT2D eigenvalue weighted by molar-refractivity contribution is -0.123. The molecule has 0 radical (unpaired) electrons. The second-order valence-electron chi connectivity index (χ2n) is 7.82. The Morgan fingerprint density at radius 3 is 2.43 bits per heavy atom. The molecule has 0 saturated carbocycles. The van der Waals surface area contributed by atoms with Crippen molar-refractivity contribution in [2.24, 2.45) is 0 Å². The number of benzene rings is 3. The molecule has 10 heteroatoms. The fraction of sp³-hybridized carbons (Fsp3) is 0.148. The van der Waals surface area contributed by atoms with Gasteiger partial charge >= 0.3 is 0 Å². The zero-order valence-corrected chi connectivity index (χ0v) is 22.0. The van der Waals surface area contributed by atoms with Gasteiger partial charge in [0.2, 0.25) is 0 Å². The van der Waals surface area contributed by atoms with Crippen LogP contribution in [0.25, 0.3) is 6.08 Å². The van der Waals surface area contributed by atoms with Crippen LogP contribution < -0.4 is 14.8 Å². The van der Waals surface area contributed by atoms with E-state index in [0.717, 1.165) is 16.7 Å². The van der Waals surface area contributed by atoms with Crippen LogP contribution in [-0.4, -0.2) is 35.2 Å². The van der Waals surface area contributed by atoms with E-state index >= 15 is 0 Å². The maximum Gasteiger partial charge on any atom is 0.293 e. The lowest BCUT2D eigenvalue weighted by Gasteiger charge is -2.14. The van der Waals surface area contributed by atoms with E-state index < -0.39 is 5.91 Å². The Balaban J connectivity index is 1.45. The van der Waals surface area contributed by atoms with Gasteiger partial charge in [-0.2, -0.15) is 0 Å². The number of carbonyl (C=O) groups is 3. The SMILES string of the molecule is CCOc1cc(/C=C2\SC(=O)N(Cc3ccccc3Cl)C2=O)ccc1OCC(=O)Nc1ccccc1Cl. The molecule has 0 aliphatic carbocycles. The van der Waals surface area contributed by atoms with Crippen molar-refractivity contribution in [3.63, 3.8) is 0 Å². The molecule has 3 aromatic rings. The second-order valence-corrected chi connectivity index (χ2v) is 9.62. The summed E-state index contributed by atoms with van der Waals surface area (Å²) < 4.78 is 11.4. The first-order valence-electron chi connectivity index (χ1n) is 11.3. The molecule has 1 N–H and O–H groups in total. The fourth-order valence-corrected chi connectivity index (χ4v) is 4.70. The highest BCUT2D eigenvalue weighted by Crippen LogP contribution is 2.36. The lowest BCUT2D eigenvalue weighted by atomic mass is 10.1. The van der Waals surface area contributed by atoms with E-state index in [1.807, 2.05) is 6.92 Å². The van der Waals surface area contributed by atoms with E-state index in [1.54, 1.807) is 72.8 Å². The molecule has 1 aliphatic heterocycles. The first-order valence-corrected chi connectivity index (χ1v) is 12.9. The third-order valence-corrected chi connectivity index (χ3v) is 6.84. The number of rotatable bonds is 9. The molecule has 3 aromatic carbocycles. The van der Waals surface area contributed by atoms with Gasteiger partial charge in [-0.15, -0.1) is 0 Å². The van der Waals surface area contributed by atoms with Crippen LogP contribution in [0, 0.1) is 0 Å². The van der Waals surface area contributed by atoms with Crippen molar-refractivity contribution >= 4 is 63.8 Å². The minimum Gasteiger partial charge on any atom is -0.490 e. The molecule has 3 amide bonds. The molecule has 4 rings (SSSR count). The molecule has 0 bridgehead atoms. The average Bonchev–Trinajstić information content (AvgIpc) is 3.13. The van der Waals surface area contributed by atoms with Gasteiger partial charge in [0, 0.05) is 5.02 Å². The number of para-hydroxylation sites is 1. The van der Waals surface area contributed by atoms with Gasteiger partial charge in [0.25, 0.3) is 17.1 Å². The molecule has 0 spiro atoms. The number of anilines is 1. The molecule has 1 saturated heterocycles. The highest BCUT2D eigenvalue weighted by molar-refractivity contribution is 8.18. The van der Waals surface area contributed by atoms with E-state index in [1.165, 1.54) is 0 Å². The minimum absolute atomic E-state index is 0.0922. The summed E-state index contributed by atoms with van der Waals surface area (Å²) in [5.74, 6) is -0.0199. The summed E-state index contributed by atoms with van der Waals surface area (Å²) in [5.41, 5.74) is 1.81. The Bertz CT molecular complexity index is 1380. The first-order chi connectivity index (χ1) is 17.9. The number of halogens is 2. The number of ether oxygens (including phenoxy) is 2. The molecule has 37 heavy (non-hydrogen) atoms. The van der Waals surface area contributed by atoms with Crippen molar-refractivity contribution in [3.05, 3.63) is 92.8 Å². The first kappa shape index (κ1) is 26.6. The number of nitrogens with zero attached hydrogens (tertiary/aromatic N) is 1. The molecular formula is C27H22Cl2N2O5S. The van der Waals surface area contributed by atoms with Crippen molar-refractivity contribution in [2.75, 3.05) is 18.5 Å². The van der Waals surface area contributed by atoms with Crippen molar-refractivity contribution < 1.29 is 23.9 Å². The third kappa shape index (κ3) is 6.65. The summed E-state index contributed by atoms with van der Waals surface area (Å²) in [5, 5.41) is 3.24. The standard InChI is InChI=1S/C27H22Cl2N2O5S/c1-2-35-23-13-17(11-12-22(23)36-16-25(32)30-21-10-6-5-9-20(21)29)14-24-26(33)31(27(34)37-24)15-18-7-3-4-8-19(18)28/h3-14H,2,15-16H2,1H3,(H,30,32)/b24-14-. The van der Waals surface area contributed by atoms with Gasteiger partial charge in [-0.3, -0.25) is 19.3 Å². The topological polar surface area (TPSA) is 84.9 Å². The van der Waals surface area contributed by atoms with Crippen LogP contribution in [0.2, 0.25) is 10.0 Å². The van der Waals surface area contributed by atoms with Crippen molar-refractivity contribution in [3.8, 4) is 11.5 Å². The number of amides is 3. The summed E-state index contributed by atoms with van der Waals surface area (Å²) in [6.07, 6.45) is 1.62. The largest absolute Gasteiger partial charge is 0.490 e. The third-order valence-electron chi connectivity index (χ3n) is 5.23. The van der Waals surface area contributed by atoms with Crippen LogP contribution in [-0.2, 0) is 16.1 Å². The normalized spacial score (nSPS) is 14.2. The maximum absolute atomic E-state index is 12.9. The van der Waals surface area contributed by atoms with Gasteiger partial charge in [-0.25, -0.2) is 0 Å². The summed E-state index contributed by atoms with van der Waals surface area (Å²) >= 11 is 13.1. The zero-order valence-electron chi connectivity index (χ0n) is 19.7. The van der Waals surface area contributed by atoms with E-state index in [0.29, 0.717) is 45.0 Å². The predicted octanol–water partition coefficient (Wildman–Crippen LogP) is 6.65. The van der Waals surface area contributed by atoms with Crippen molar-refractivity contribution in [1.82, 2.24) is 4.90 Å². The Hall–Kier alpha value is -3.46. The van der Waals surface area contributed by atoms with Crippen molar-refractivity contribution in [1.29, 1.82) is 0 Å². The number of imide groups is 1. The molecule has 7 nitrogen and oxygen atoms in total. The van der Waals surface area contributed by atoms with E-state index in [9.17, 15) is 14.4 Å². The smallest absolute Gasteiger partial charge is 0.293 e. The molecular weight excluding hydrogens is 535 g/mol. The van der Waals surface area contributed by atoms with E-state index in [4.69, 9.17) is 32.7 Å². The molecule has 1 heterocycles. The number of nitrogens with one attached hydrogen (secondary N) is 1. The molecule has 1 fully saturated rings. The van der Waals surface area contributed by atoms with Gasteiger partial charge < -0.3 is 14.8 Å². The van der Waals surface area contributed by atoms with Crippen LogP contribution in [0.15, 0.2) is 71.6 Å². The second kappa shape index (κ2) is 12.2. The fourth-order valence-electron chi connectivity index (χ4n) is 3.48. The summed E-state index contributed by atoms with van der Waals surface area (Å²) in [4.78, 5) is 39.2. The van der Waals surface area contributed by atoms with Gasteiger partial charge in [0.05, 0.1) is 28.8 Å². The summed E-state index contributed by atoms with van der Waals surface area (Å²) in [6, 6.07) is 19.0. The average molecular weight is 557 g/mol. The zero-order chi connectivity index (χ0) is 26.4. The molecule has 190 valence electrons. The predicted molar refractivity (Wildman–Crippen MR) is 146 cm³/mol. The molecule has 0 unspecified atom stereocenters. The Morgan fingerprint density at radius 1 is 0.973 bits per heavy atom. The Kier molecular flexibility index (Phi) is 8.76. The van der Waals surface area contributed by atoms with Gasteiger partial charge in [-0.1, -0.05) is 59.6 Å². The Labute approximate surface area is 228 Å². The number of hydrogen-bond acceptors (Lipinski definition) is 6. The lowest BCUT2D eigenvalue weighted by Crippen LogP contribution is -2.27. The van der Waals surface area contributed by atoms with E-state index in [2.05, 4.69) is 5.32 Å². The van der Waals surface area contributed by atoms with Crippen LogP contribution in [0.5, 0.6) is 11.5 Å². The highest BCUT2D eigenvalue weighted by Gasteiger charge is 2.35. The van der Waals surface area contributed by atoms with Crippen molar-refractivity contribution in [2.45, 2.75) is 13.5 Å². The minimum atomic E-state index is -0.399. The summed E-state index contributed by atoms with van der Waals surface area (Å²) in [7, 11) is 0. The van der Waals surface area contributed by atoms with Gasteiger partial charge in [0.1, 0.15) is 0 Å². The van der Waals surface area contributed by atoms with Crippen LogP contribution in [0.1, 0.15) is 18.1 Å². The number of carbonyl (C=O) groups excluding carboxylic acids is 3. The van der Waals surface area contributed by atoms with Gasteiger partial charge in [0.15, 0.2) is 18.1 Å². The number of hydrogen-bond donors (Lipinski definition) is 1. The van der Waals surface area contributed by atoms with Crippen LogP contribution in [0.3, 0.4) is 0 Å². The van der Waals surface area contributed by atoms with E-state index in [-0.39, 0.29) is 29.2 Å². The quantitative estimate of drug-likeness (QED) is 0.297. The maximum atomic E-state index is 12.9. The van der Waals surface area contributed by atoms with Crippen LogP contribution >= 0.6 is 35.0 Å². The monoisotopic (exact) mass is 556 g/mol. The van der Waals surface area contributed by atoms with Gasteiger partial charge in [-0.05, 0) is 66.2 Å². The Morgan fingerprint density at radius 2 is 1.70 bits per heavy atom. The molecule has 0 atom stereocenters. The number of thioether (sulfide) groups is 1. The summed E-state index contributed by atoms with van der Waals surface area (Å²) in [6.45, 7) is 2.01.